The molecule has 1 fully saturated rings. The first-order valence-corrected chi connectivity index (χ1v) is 9.17. The van der Waals surface area contributed by atoms with Gasteiger partial charge >= 0.3 is 11.9 Å². The van der Waals surface area contributed by atoms with Crippen LogP contribution >= 0.6 is 0 Å². The minimum absolute atomic E-state index is 0.141. The highest BCUT2D eigenvalue weighted by Crippen LogP contribution is 2.36. The lowest BCUT2D eigenvalue weighted by Gasteiger charge is -2.27. The average Bonchev–Trinajstić information content (AvgIpc) is 3.19. The number of allylic oxidation sites excluding steroid dienone is 2. The zero-order valence-electron chi connectivity index (χ0n) is 16.0. The lowest BCUT2D eigenvalue weighted by molar-refractivity contribution is -0.147. The summed E-state index contributed by atoms with van der Waals surface area (Å²) in [5.41, 5.74) is 3.01. The van der Waals surface area contributed by atoms with Crippen molar-refractivity contribution < 1.29 is 28.5 Å². The fourth-order valence-electron chi connectivity index (χ4n) is 3.64. The van der Waals surface area contributed by atoms with Gasteiger partial charge in [-0.3, -0.25) is 0 Å². The van der Waals surface area contributed by atoms with Crippen LogP contribution in [0.4, 0.5) is 0 Å². The second kappa shape index (κ2) is 8.23. The summed E-state index contributed by atoms with van der Waals surface area (Å²) in [5.74, 6) is -1.30. The van der Waals surface area contributed by atoms with E-state index in [9.17, 15) is 9.59 Å². The summed E-state index contributed by atoms with van der Waals surface area (Å²) >= 11 is 0. The Hall–Kier alpha value is -2.18. The molecular weight excluding hydrogens is 348 g/mol. The van der Waals surface area contributed by atoms with Crippen molar-refractivity contribution in [2.75, 3.05) is 13.7 Å². The van der Waals surface area contributed by atoms with Gasteiger partial charge in [-0.25, -0.2) is 9.59 Å². The van der Waals surface area contributed by atoms with Gasteiger partial charge in [0.25, 0.3) is 0 Å². The first-order valence-electron chi connectivity index (χ1n) is 9.17. The smallest absolute Gasteiger partial charge is 0.336 e. The summed E-state index contributed by atoms with van der Waals surface area (Å²) in [5, 5.41) is 0. The van der Waals surface area contributed by atoms with Crippen LogP contribution in [0.5, 0.6) is 0 Å². The van der Waals surface area contributed by atoms with Gasteiger partial charge in [-0.15, -0.1) is 0 Å². The largest absolute Gasteiger partial charge is 0.458 e. The molecule has 4 atom stereocenters. The number of carbonyl (C=O) groups excluding carboxylic acids is 2. The highest BCUT2D eigenvalue weighted by atomic mass is 16.7. The Morgan fingerprint density at radius 2 is 2.04 bits per heavy atom. The number of methoxy groups -OCH3 is 1. The van der Waals surface area contributed by atoms with E-state index < -0.39 is 36.4 Å². The van der Waals surface area contributed by atoms with Crippen LogP contribution in [0, 0.1) is 5.92 Å². The molecule has 2 aliphatic heterocycles. The van der Waals surface area contributed by atoms with Gasteiger partial charge in [-0.1, -0.05) is 23.8 Å². The summed E-state index contributed by atoms with van der Waals surface area (Å²) in [7, 11) is 1.51. The van der Waals surface area contributed by atoms with E-state index >= 15 is 0 Å². The fraction of sp³-hybridized carbons (Fsp3) is 0.524. The highest BCUT2D eigenvalue weighted by molar-refractivity contribution is 5.92. The summed E-state index contributed by atoms with van der Waals surface area (Å²) in [6, 6.07) is 0. The molecule has 0 spiro atoms. The predicted molar refractivity (Wildman–Crippen MR) is 98.6 cm³/mol. The van der Waals surface area contributed by atoms with Crippen molar-refractivity contribution in [3.8, 4) is 0 Å². The van der Waals surface area contributed by atoms with E-state index in [1.54, 1.807) is 6.08 Å². The molecule has 0 N–H and O–H groups in total. The second-order valence-electron chi connectivity index (χ2n) is 7.28. The topological polar surface area (TPSA) is 71.1 Å². The van der Waals surface area contributed by atoms with Crippen LogP contribution in [0.1, 0.15) is 33.1 Å². The Balaban J connectivity index is 1.87. The van der Waals surface area contributed by atoms with Crippen LogP contribution in [0.25, 0.3) is 0 Å². The van der Waals surface area contributed by atoms with Crippen molar-refractivity contribution in [3.05, 3.63) is 47.1 Å². The molecule has 0 saturated carbocycles. The lowest BCUT2D eigenvalue weighted by atomic mass is 9.85. The Bertz CT molecular complexity index is 729. The van der Waals surface area contributed by atoms with E-state index in [4.69, 9.17) is 18.9 Å². The van der Waals surface area contributed by atoms with Gasteiger partial charge in [-0.2, -0.15) is 0 Å². The summed E-state index contributed by atoms with van der Waals surface area (Å²) < 4.78 is 21.7. The molecule has 3 aliphatic rings. The molecule has 0 amide bonds. The molecule has 1 saturated heterocycles. The SMILES string of the molecule is C=C1C(=O)O[C@@H]2/C=C(/C)CC/C=C(/C)C[C@@H](OC(=O)C3=C[C@@H](OC)OC3)[C@@H]12. The van der Waals surface area contributed by atoms with E-state index in [1.165, 1.54) is 7.11 Å². The molecule has 6 heteroatoms. The number of esters is 2. The third-order valence-corrected chi connectivity index (χ3v) is 5.16. The van der Waals surface area contributed by atoms with Crippen molar-refractivity contribution in [2.45, 2.75) is 51.6 Å². The standard InChI is InChI=1S/C21H26O6/c1-12-6-5-7-13(2)9-17(19-14(3)20(22)26-16(19)8-12)27-21(23)15-10-18(24-4)25-11-15/h7-8,10,16-19H,3,5-6,9,11H2,1-2,4H3/b12-8-,13-7-/t16-,17-,18+,19+/m1/s1. The Morgan fingerprint density at radius 3 is 2.74 bits per heavy atom. The van der Waals surface area contributed by atoms with Gasteiger partial charge < -0.3 is 18.9 Å². The zero-order chi connectivity index (χ0) is 19.6. The predicted octanol–water partition coefficient (Wildman–Crippen LogP) is 3.00. The first kappa shape index (κ1) is 19.6. The third-order valence-electron chi connectivity index (χ3n) is 5.16. The van der Waals surface area contributed by atoms with Crippen LogP contribution in [0.3, 0.4) is 0 Å². The fourth-order valence-corrected chi connectivity index (χ4v) is 3.64. The molecule has 0 radical (unpaired) electrons. The zero-order valence-corrected chi connectivity index (χ0v) is 16.0. The van der Waals surface area contributed by atoms with Crippen molar-refractivity contribution in [1.82, 2.24) is 0 Å². The Labute approximate surface area is 159 Å². The maximum Gasteiger partial charge on any atom is 0.336 e. The molecule has 2 heterocycles. The van der Waals surface area contributed by atoms with Gasteiger partial charge in [0.15, 0.2) is 6.29 Å². The molecule has 146 valence electrons. The normalized spacial score (nSPS) is 35.3. The highest BCUT2D eigenvalue weighted by Gasteiger charge is 2.44. The maximum atomic E-state index is 12.7. The summed E-state index contributed by atoms with van der Waals surface area (Å²) in [4.78, 5) is 24.8. The molecule has 0 aromatic carbocycles. The van der Waals surface area contributed by atoms with Crippen molar-refractivity contribution in [2.24, 2.45) is 5.92 Å². The van der Waals surface area contributed by atoms with Gasteiger partial charge in [0.1, 0.15) is 12.2 Å². The molecule has 0 aromatic rings. The van der Waals surface area contributed by atoms with E-state index in [0.717, 1.165) is 24.0 Å². The van der Waals surface area contributed by atoms with Crippen LogP contribution in [-0.2, 0) is 28.5 Å². The van der Waals surface area contributed by atoms with Crippen molar-refractivity contribution in [3.63, 3.8) is 0 Å². The van der Waals surface area contributed by atoms with E-state index in [1.807, 2.05) is 19.9 Å². The molecule has 6 nitrogen and oxygen atoms in total. The van der Waals surface area contributed by atoms with Crippen LogP contribution < -0.4 is 0 Å². The molecule has 27 heavy (non-hydrogen) atoms. The van der Waals surface area contributed by atoms with Crippen LogP contribution in [0.2, 0.25) is 0 Å². The number of hydrogen-bond acceptors (Lipinski definition) is 6. The first-order chi connectivity index (χ1) is 12.9. The van der Waals surface area contributed by atoms with Gasteiger partial charge in [0, 0.05) is 19.1 Å². The molecule has 0 unspecified atom stereocenters. The van der Waals surface area contributed by atoms with E-state index in [0.29, 0.717) is 17.6 Å². The molecular formula is C21H26O6. The molecule has 0 aromatic heterocycles. The van der Waals surface area contributed by atoms with E-state index in [2.05, 4.69) is 12.7 Å². The minimum atomic E-state index is -0.539. The monoisotopic (exact) mass is 374 g/mol. The number of fused-ring (bicyclic) bond motifs is 1. The van der Waals surface area contributed by atoms with Crippen molar-refractivity contribution in [1.29, 1.82) is 0 Å². The number of carbonyl (C=O) groups is 2. The quantitative estimate of drug-likeness (QED) is 0.430. The van der Waals surface area contributed by atoms with Gasteiger partial charge in [0.2, 0.25) is 0 Å². The third kappa shape index (κ3) is 4.39. The molecule has 3 rings (SSSR count). The van der Waals surface area contributed by atoms with Gasteiger partial charge in [0.05, 0.1) is 18.1 Å². The van der Waals surface area contributed by atoms with Crippen molar-refractivity contribution >= 4 is 11.9 Å². The van der Waals surface area contributed by atoms with Gasteiger partial charge in [-0.05, 0) is 38.8 Å². The molecule has 1 aliphatic carbocycles. The average molecular weight is 374 g/mol. The maximum absolute atomic E-state index is 12.7. The Kier molecular flexibility index (Phi) is 5.97. The second-order valence-corrected chi connectivity index (χ2v) is 7.28. The minimum Gasteiger partial charge on any atom is -0.458 e. The summed E-state index contributed by atoms with van der Waals surface area (Å²) in [6.07, 6.45) is 6.49. The van der Waals surface area contributed by atoms with E-state index in [-0.39, 0.29) is 6.61 Å². The summed E-state index contributed by atoms with van der Waals surface area (Å²) in [6.45, 7) is 8.07. The Morgan fingerprint density at radius 1 is 1.26 bits per heavy atom. The number of ether oxygens (including phenoxy) is 4. The number of rotatable bonds is 3. The van der Waals surface area contributed by atoms with Crippen LogP contribution in [0.15, 0.2) is 47.1 Å². The van der Waals surface area contributed by atoms with Crippen LogP contribution in [-0.4, -0.2) is 44.2 Å². The lowest BCUT2D eigenvalue weighted by Crippen LogP contribution is -2.34. The molecule has 0 bridgehead atoms. The number of hydrogen-bond donors (Lipinski definition) is 0.